The molecular formula is C24H47N3O6. The summed E-state index contributed by atoms with van der Waals surface area (Å²) in [6.45, 7) is 15.4. The molecule has 0 heterocycles. The predicted molar refractivity (Wildman–Crippen MR) is 129 cm³/mol. The molecule has 3 amide bonds. The summed E-state index contributed by atoms with van der Waals surface area (Å²) in [7, 11) is 0. The molecule has 9 heteroatoms. The van der Waals surface area contributed by atoms with Gasteiger partial charge in [-0.05, 0) is 38.5 Å². The molecule has 3 N–H and O–H groups in total. The van der Waals surface area contributed by atoms with Crippen LogP contribution < -0.4 is 16.0 Å². The average molecular weight is 474 g/mol. The molecule has 0 aliphatic carbocycles. The second-order valence-corrected chi connectivity index (χ2v) is 8.82. The molecule has 0 radical (unpaired) electrons. The minimum absolute atomic E-state index is 0.0102. The molecule has 0 bridgehead atoms. The van der Waals surface area contributed by atoms with Crippen LogP contribution in [-0.4, -0.2) is 76.5 Å². The first-order valence-electron chi connectivity index (χ1n) is 12.3. The summed E-state index contributed by atoms with van der Waals surface area (Å²) >= 11 is 0. The molecule has 0 saturated carbocycles. The summed E-state index contributed by atoms with van der Waals surface area (Å²) in [6.07, 6.45) is 0.929. The van der Waals surface area contributed by atoms with Crippen LogP contribution in [0.15, 0.2) is 0 Å². The van der Waals surface area contributed by atoms with Gasteiger partial charge in [0.1, 0.15) is 6.10 Å². The van der Waals surface area contributed by atoms with Gasteiger partial charge in [-0.3, -0.25) is 14.4 Å². The lowest BCUT2D eigenvalue weighted by Gasteiger charge is -2.22. The van der Waals surface area contributed by atoms with Gasteiger partial charge in [-0.15, -0.1) is 0 Å². The smallest absolute Gasteiger partial charge is 0.220 e. The molecule has 0 aromatic carbocycles. The molecule has 0 aromatic rings. The predicted octanol–water partition coefficient (Wildman–Crippen LogP) is 1.89. The van der Waals surface area contributed by atoms with Gasteiger partial charge in [0.25, 0.3) is 0 Å². The summed E-state index contributed by atoms with van der Waals surface area (Å²) in [4.78, 5) is 35.2. The monoisotopic (exact) mass is 473 g/mol. The highest BCUT2D eigenvalue weighted by molar-refractivity contribution is 5.76. The third-order valence-corrected chi connectivity index (χ3v) is 4.75. The first-order chi connectivity index (χ1) is 15.7. The van der Waals surface area contributed by atoms with Crippen molar-refractivity contribution in [1.82, 2.24) is 16.0 Å². The van der Waals surface area contributed by atoms with Gasteiger partial charge in [-0.25, -0.2) is 0 Å². The van der Waals surface area contributed by atoms with Crippen molar-refractivity contribution in [3.05, 3.63) is 0 Å². The summed E-state index contributed by atoms with van der Waals surface area (Å²) in [5.41, 5.74) is 0. The first-order valence-corrected chi connectivity index (χ1v) is 12.3. The molecule has 0 rings (SSSR count). The maximum Gasteiger partial charge on any atom is 0.220 e. The van der Waals surface area contributed by atoms with Gasteiger partial charge in [-0.1, -0.05) is 20.8 Å². The molecule has 33 heavy (non-hydrogen) atoms. The second-order valence-electron chi connectivity index (χ2n) is 8.82. The molecule has 0 saturated heterocycles. The lowest BCUT2D eigenvalue weighted by Crippen LogP contribution is -2.32. The zero-order valence-corrected chi connectivity index (χ0v) is 21.5. The standard InChI is InChI=1S/C24H47N3O6/c1-7-25-22(28)10-18(4)13-31-16-21(33-15-20(6)12-24(30)27-9-3)17-32-14-19(5)11-23(29)26-8-2/h18-21H,7-17H2,1-6H3,(H,25,28)(H,26,29)(H,27,30). The minimum Gasteiger partial charge on any atom is -0.378 e. The number of carbonyl (C=O) groups is 3. The fourth-order valence-corrected chi connectivity index (χ4v) is 3.18. The van der Waals surface area contributed by atoms with Gasteiger partial charge in [0.05, 0.1) is 19.8 Å². The first kappa shape index (κ1) is 31.3. The average Bonchev–Trinajstić information content (AvgIpc) is 2.71. The lowest BCUT2D eigenvalue weighted by molar-refractivity contribution is -0.125. The Balaban J connectivity index is 4.54. The maximum absolute atomic E-state index is 11.8. The van der Waals surface area contributed by atoms with Crippen molar-refractivity contribution in [2.24, 2.45) is 17.8 Å². The molecular weight excluding hydrogens is 426 g/mol. The lowest BCUT2D eigenvalue weighted by atomic mass is 10.1. The van der Waals surface area contributed by atoms with E-state index in [1.807, 2.05) is 41.5 Å². The van der Waals surface area contributed by atoms with Crippen molar-refractivity contribution in [2.75, 3.05) is 52.7 Å². The molecule has 0 fully saturated rings. The quantitative estimate of drug-likeness (QED) is 0.249. The SMILES string of the molecule is CCNC(=O)CC(C)COCC(COCC(C)CC(=O)NCC)OCC(C)CC(=O)NCC. The number of hydrogen-bond acceptors (Lipinski definition) is 6. The van der Waals surface area contributed by atoms with Crippen molar-refractivity contribution in [3.8, 4) is 0 Å². The third kappa shape index (κ3) is 18.4. The van der Waals surface area contributed by atoms with E-state index in [0.717, 1.165) is 0 Å². The Kier molecular flexibility index (Phi) is 18.7. The molecule has 194 valence electrons. The van der Waals surface area contributed by atoms with Gasteiger partial charge in [-0.2, -0.15) is 0 Å². The number of hydrogen-bond donors (Lipinski definition) is 3. The van der Waals surface area contributed by atoms with Crippen molar-refractivity contribution in [2.45, 2.75) is 66.9 Å². The van der Waals surface area contributed by atoms with E-state index in [1.54, 1.807) is 0 Å². The van der Waals surface area contributed by atoms with Gasteiger partial charge in [0.2, 0.25) is 17.7 Å². The van der Waals surface area contributed by atoms with Crippen molar-refractivity contribution < 1.29 is 28.6 Å². The fraction of sp³-hybridized carbons (Fsp3) is 0.875. The summed E-state index contributed by atoms with van der Waals surface area (Å²) in [6, 6.07) is 0. The topological polar surface area (TPSA) is 115 Å². The van der Waals surface area contributed by atoms with E-state index < -0.39 is 0 Å². The number of nitrogens with one attached hydrogen (secondary N) is 3. The van der Waals surface area contributed by atoms with E-state index in [9.17, 15) is 14.4 Å². The highest BCUT2D eigenvalue weighted by Crippen LogP contribution is 2.09. The van der Waals surface area contributed by atoms with Crippen molar-refractivity contribution in [1.29, 1.82) is 0 Å². The van der Waals surface area contributed by atoms with Crippen LogP contribution in [0.2, 0.25) is 0 Å². The number of rotatable bonds is 20. The van der Waals surface area contributed by atoms with E-state index in [1.165, 1.54) is 0 Å². The molecule has 9 nitrogen and oxygen atoms in total. The van der Waals surface area contributed by atoms with Crippen LogP contribution in [0.5, 0.6) is 0 Å². The molecule has 3 atom stereocenters. The number of amides is 3. The van der Waals surface area contributed by atoms with Crippen molar-refractivity contribution >= 4 is 17.7 Å². The molecule has 3 unspecified atom stereocenters. The van der Waals surface area contributed by atoms with E-state index in [4.69, 9.17) is 14.2 Å². The van der Waals surface area contributed by atoms with Gasteiger partial charge >= 0.3 is 0 Å². The Morgan fingerprint density at radius 2 is 0.909 bits per heavy atom. The summed E-state index contributed by atoms with van der Waals surface area (Å²) < 4.78 is 17.6. The molecule has 0 spiro atoms. The molecule has 0 aliphatic heterocycles. The zero-order chi connectivity index (χ0) is 25.1. The zero-order valence-electron chi connectivity index (χ0n) is 21.5. The normalized spacial score (nSPS) is 14.7. The highest BCUT2D eigenvalue weighted by Gasteiger charge is 2.17. The van der Waals surface area contributed by atoms with Crippen LogP contribution in [0.4, 0.5) is 0 Å². The maximum atomic E-state index is 11.8. The Morgan fingerprint density at radius 1 is 0.576 bits per heavy atom. The number of carbonyl (C=O) groups excluding carboxylic acids is 3. The second kappa shape index (κ2) is 19.7. The molecule has 0 aliphatic rings. The van der Waals surface area contributed by atoms with Crippen LogP contribution in [-0.2, 0) is 28.6 Å². The van der Waals surface area contributed by atoms with E-state index >= 15 is 0 Å². The Hall–Kier alpha value is -1.71. The summed E-state index contributed by atoms with van der Waals surface area (Å²) in [5.74, 6) is 0.289. The Morgan fingerprint density at radius 3 is 1.24 bits per heavy atom. The van der Waals surface area contributed by atoms with E-state index in [-0.39, 0.29) is 41.6 Å². The van der Waals surface area contributed by atoms with Crippen LogP contribution in [0.25, 0.3) is 0 Å². The Bertz CT molecular complexity index is 514. The van der Waals surface area contributed by atoms with E-state index in [0.29, 0.717) is 71.9 Å². The highest BCUT2D eigenvalue weighted by atomic mass is 16.6. The van der Waals surface area contributed by atoms with Gasteiger partial charge < -0.3 is 30.2 Å². The summed E-state index contributed by atoms with van der Waals surface area (Å²) in [5, 5.41) is 8.38. The van der Waals surface area contributed by atoms with Crippen LogP contribution in [0.3, 0.4) is 0 Å². The van der Waals surface area contributed by atoms with Gasteiger partial charge in [0, 0.05) is 52.1 Å². The van der Waals surface area contributed by atoms with E-state index in [2.05, 4.69) is 16.0 Å². The van der Waals surface area contributed by atoms with Crippen LogP contribution in [0.1, 0.15) is 60.8 Å². The molecule has 0 aromatic heterocycles. The largest absolute Gasteiger partial charge is 0.378 e. The van der Waals surface area contributed by atoms with Crippen LogP contribution in [0, 0.1) is 17.8 Å². The van der Waals surface area contributed by atoms with Crippen LogP contribution >= 0.6 is 0 Å². The minimum atomic E-state index is -0.296. The van der Waals surface area contributed by atoms with Crippen molar-refractivity contribution in [3.63, 3.8) is 0 Å². The number of ether oxygens (including phenoxy) is 3. The third-order valence-electron chi connectivity index (χ3n) is 4.75. The Labute approximate surface area is 200 Å². The fourth-order valence-electron chi connectivity index (χ4n) is 3.18. The van der Waals surface area contributed by atoms with Gasteiger partial charge in [0.15, 0.2) is 0 Å².